The lowest BCUT2D eigenvalue weighted by atomic mass is 10.1. The van der Waals surface area contributed by atoms with E-state index in [2.05, 4.69) is 30.5 Å². The van der Waals surface area contributed by atoms with Gasteiger partial charge < -0.3 is 4.74 Å². The van der Waals surface area contributed by atoms with Crippen LogP contribution in [0.15, 0.2) is 43.0 Å². The summed E-state index contributed by atoms with van der Waals surface area (Å²) in [5.41, 5.74) is 1.20. The quantitative estimate of drug-likeness (QED) is 0.531. The molecule has 0 heterocycles. The molecule has 0 spiro atoms. The molecule has 1 aromatic rings. The Bertz CT molecular complexity index is 389. The highest BCUT2D eigenvalue weighted by atomic mass is 16.5. The summed E-state index contributed by atoms with van der Waals surface area (Å²) < 4.78 is 5.03. The van der Waals surface area contributed by atoms with E-state index >= 15 is 0 Å². The van der Waals surface area contributed by atoms with Gasteiger partial charge in [-0.25, -0.2) is 0 Å². The van der Waals surface area contributed by atoms with Crippen LogP contribution in [-0.2, 0) is 9.53 Å². The molecule has 0 saturated carbocycles. The minimum Gasteiger partial charge on any atom is -0.465 e. The Morgan fingerprint density at radius 1 is 1.42 bits per heavy atom. The number of benzene rings is 1. The molecular formula is C16H23NO2. The summed E-state index contributed by atoms with van der Waals surface area (Å²) in [5.74, 6) is -0.172. The van der Waals surface area contributed by atoms with E-state index in [9.17, 15) is 4.79 Å². The third-order valence-electron chi connectivity index (χ3n) is 3.09. The molecule has 0 unspecified atom stereocenters. The van der Waals surface area contributed by atoms with Crippen molar-refractivity contribution in [1.82, 2.24) is 4.90 Å². The number of ether oxygens (including phenoxy) is 1. The second-order valence-corrected chi connectivity index (χ2v) is 4.44. The van der Waals surface area contributed by atoms with Crippen LogP contribution in [-0.4, -0.2) is 30.6 Å². The first-order chi connectivity index (χ1) is 9.19. The summed E-state index contributed by atoms with van der Waals surface area (Å²) in [4.78, 5) is 13.8. The van der Waals surface area contributed by atoms with Crippen LogP contribution in [0.3, 0.4) is 0 Å². The van der Waals surface area contributed by atoms with E-state index in [0.29, 0.717) is 13.2 Å². The van der Waals surface area contributed by atoms with Crippen molar-refractivity contribution < 1.29 is 9.53 Å². The van der Waals surface area contributed by atoms with Gasteiger partial charge in [-0.2, -0.15) is 0 Å². The average molecular weight is 261 g/mol. The maximum absolute atomic E-state index is 11.7. The van der Waals surface area contributed by atoms with Gasteiger partial charge in [0, 0.05) is 12.6 Å². The summed E-state index contributed by atoms with van der Waals surface area (Å²) in [6, 6.07) is 10.4. The zero-order valence-corrected chi connectivity index (χ0v) is 11.8. The first kappa shape index (κ1) is 15.4. The number of rotatable bonds is 8. The topological polar surface area (TPSA) is 29.5 Å². The van der Waals surface area contributed by atoms with Crippen LogP contribution in [0.5, 0.6) is 0 Å². The van der Waals surface area contributed by atoms with Crippen molar-refractivity contribution in [3.8, 4) is 0 Å². The van der Waals surface area contributed by atoms with Crippen molar-refractivity contribution in [1.29, 1.82) is 0 Å². The van der Waals surface area contributed by atoms with Crippen molar-refractivity contribution >= 4 is 5.97 Å². The van der Waals surface area contributed by atoms with Crippen LogP contribution in [0.25, 0.3) is 0 Å². The van der Waals surface area contributed by atoms with Gasteiger partial charge in [-0.15, -0.1) is 6.58 Å². The van der Waals surface area contributed by atoms with Crippen molar-refractivity contribution in [3.63, 3.8) is 0 Å². The fourth-order valence-corrected chi connectivity index (χ4v) is 1.98. The molecule has 1 atom stereocenters. The Labute approximate surface area is 115 Å². The maximum Gasteiger partial charge on any atom is 0.320 e. The van der Waals surface area contributed by atoms with Crippen molar-refractivity contribution in [2.24, 2.45) is 0 Å². The second-order valence-electron chi connectivity index (χ2n) is 4.44. The lowest BCUT2D eigenvalue weighted by molar-refractivity contribution is -0.145. The molecule has 19 heavy (non-hydrogen) atoms. The van der Waals surface area contributed by atoms with Gasteiger partial charge >= 0.3 is 5.97 Å². The molecule has 0 aliphatic carbocycles. The molecule has 0 fully saturated rings. The summed E-state index contributed by atoms with van der Waals surface area (Å²) in [6.07, 6.45) is 2.73. The predicted octanol–water partition coefficient (Wildman–Crippen LogP) is 3.19. The number of hydrogen-bond donors (Lipinski definition) is 0. The van der Waals surface area contributed by atoms with Crippen molar-refractivity contribution in [2.75, 3.05) is 19.7 Å². The Morgan fingerprint density at radius 3 is 2.68 bits per heavy atom. The average Bonchev–Trinajstić information content (AvgIpc) is 2.44. The zero-order chi connectivity index (χ0) is 14.1. The van der Waals surface area contributed by atoms with E-state index in [1.165, 1.54) is 5.56 Å². The Kier molecular flexibility index (Phi) is 6.90. The van der Waals surface area contributed by atoms with E-state index in [1.54, 1.807) is 0 Å². The third kappa shape index (κ3) is 5.26. The number of nitrogens with zero attached hydrogens (tertiary/aromatic N) is 1. The van der Waals surface area contributed by atoms with E-state index in [0.717, 1.165) is 13.0 Å². The van der Waals surface area contributed by atoms with Gasteiger partial charge in [-0.1, -0.05) is 36.4 Å². The molecular weight excluding hydrogens is 238 g/mol. The van der Waals surface area contributed by atoms with Crippen LogP contribution in [0.1, 0.15) is 31.9 Å². The molecule has 1 aromatic carbocycles. The molecule has 104 valence electrons. The van der Waals surface area contributed by atoms with E-state index in [1.807, 2.05) is 31.2 Å². The van der Waals surface area contributed by atoms with Crippen LogP contribution >= 0.6 is 0 Å². The van der Waals surface area contributed by atoms with Crippen LogP contribution in [0.2, 0.25) is 0 Å². The van der Waals surface area contributed by atoms with Gasteiger partial charge in [0.15, 0.2) is 0 Å². The molecule has 0 aliphatic rings. The summed E-state index contributed by atoms with van der Waals surface area (Å²) >= 11 is 0. The molecule has 3 nitrogen and oxygen atoms in total. The first-order valence-corrected chi connectivity index (χ1v) is 6.74. The number of carbonyl (C=O) groups is 1. The monoisotopic (exact) mass is 261 g/mol. The molecule has 1 rings (SSSR count). The zero-order valence-electron chi connectivity index (χ0n) is 11.8. The van der Waals surface area contributed by atoms with E-state index in [-0.39, 0.29) is 12.0 Å². The van der Waals surface area contributed by atoms with Crippen LogP contribution in [0, 0.1) is 0 Å². The fourth-order valence-electron chi connectivity index (χ4n) is 1.98. The molecule has 0 aliphatic heterocycles. The maximum atomic E-state index is 11.7. The minimum atomic E-state index is -0.172. The van der Waals surface area contributed by atoms with Crippen LogP contribution in [0.4, 0.5) is 0 Å². The minimum absolute atomic E-state index is 0.172. The number of esters is 1. The molecule has 0 amide bonds. The van der Waals surface area contributed by atoms with Gasteiger partial charge in [0.1, 0.15) is 0 Å². The van der Waals surface area contributed by atoms with E-state index < -0.39 is 0 Å². The molecule has 0 radical (unpaired) electrons. The highest BCUT2D eigenvalue weighted by Crippen LogP contribution is 2.20. The van der Waals surface area contributed by atoms with Crippen molar-refractivity contribution in [3.05, 3.63) is 48.6 Å². The Morgan fingerprint density at radius 2 is 2.11 bits per heavy atom. The van der Waals surface area contributed by atoms with Gasteiger partial charge in [-0.3, -0.25) is 9.69 Å². The summed E-state index contributed by atoms with van der Waals surface area (Å²) in [7, 11) is 0. The standard InChI is InChI=1S/C16H23NO2/c1-4-6-12-17(13-16(18)19-5-2)14(3)15-10-8-7-9-11-15/h4,7-11,14H,1,5-6,12-13H2,2-3H3/t14-/m1/s1. The Balaban J connectivity index is 2.72. The third-order valence-corrected chi connectivity index (χ3v) is 3.09. The SMILES string of the molecule is C=CCCN(CC(=O)OCC)[C@H](C)c1ccccc1. The number of carbonyl (C=O) groups excluding carboxylic acids is 1. The number of hydrogen-bond acceptors (Lipinski definition) is 3. The summed E-state index contributed by atoms with van der Waals surface area (Å²) in [6.45, 7) is 9.22. The second kappa shape index (κ2) is 8.48. The lowest BCUT2D eigenvalue weighted by Gasteiger charge is -2.28. The van der Waals surface area contributed by atoms with Gasteiger partial charge in [0.2, 0.25) is 0 Å². The highest BCUT2D eigenvalue weighted by molar-refractivity contribution is 5.71. The molecule has 0 bridgehead atoms. The lowest BCUT2D eigenvalue weighted by Crippen LogP contribution is -2.34. The summed E-state index contributed by atoms with van der Waals surface area (Å²) in [5, 5.41) is 0. The van der Waals surface area contributed by atoms with Crippen molar-refractivity contribution in [2.45, 2.75) is 26.3 Å². The largest absolute Gasteiger partial charge is 0.465 e. The molecule has 0 N–H and O–H groups in total. The normalized spacial score (nSPS) is 12.2. The smallest absolute Gasteiger partial charge is 0.320 e. The first-order valence-electron chi connectivity index (χ1n) is 6.74. The molecule has 0 aromatic heterocycles. The van der Waals surface area contributed by atoms with Gasteiger partial charge in [-0.05, 0) is 25.8 Å². The van der Waals surface area contributed by atoms with Crippen LogP contribution < -0.4 is 0 Å². The fraction of sp³-hybridized carbons (Fsp3) is 0.438. The highest BCUT2D eigenvalue weighted by Gasteiger charge is 2.18. The van der Waals surface area contributed by atoms with Gasteiger partial charge in [0.25, 0.3) is 0 Å². The molecule has 3 heteroatoms. The Hall–Kier alpha value is -1.61. The van der Waals surface area contributed by atoms with E-state index in [4.69, 9.17) is 4.74 Å². The molecule has 0 saturated heterocycles. The van der Waals surface area contributed by atoms with Gasteiger partial charge in [0.05, 0.1) is 13.2 Å². The predicted molar refractivity (Wildman–Crippen MR) is 77.9 cm³/mol.